The Morgan fingerprint density at radius 3 is 2.59 bits per heavy atom. The van der Waals surface area contributed by atoms with Gasteiger partial charge in [0.25, 0.3) is 0 Å². The molecule has 0 fully saturated rings. The minimum Gasteiger partial charge on any atom is -0.493 e. The van der Waals surface area contributed by atoms with Gasteiger partial charge in [-0.05, 0) is 44.5 Å². The van der Waals surface area contributed by atoms with Crippen LogP contribution < -0.4 is 20.1 Å². The Morgan fingerprint density at radius 2 is 1.97 bits per heavy atom. The van der Waals surface area contributed by atoms with Crippen LogP contribution >= 0.6 is 0 Å². The molecule has 0 bridgehead atoms. The third kappa shape index (κ3) is 9.19. The maximum absolute atomic E-state index is 5.50. The molecule has 2 N–H and O–H groups in total. The highest BCUT2D eigenvalue weighted by atomic mass is 16.5. The molecule has 0 aromatic heterocycles. The summed E-state index contributed by atoms with van der Waals surface area (Å²) < 4.78 is 16.1. The van der Waals surface area contributed by atoms with Crippen LogP contribution in [0.1, 0.15) is 24.5 Å². The van der Waals surface area contributed by atoms with Crippen LogP contribution in [0.3, 0.4) is 0 Å². The van der Waals surface area contributed by atoms with Gasteiger partial charge in [0.2, 0.25) is 0 Å². The molecule has 7 nitrogen and oxygen atoms in total. The first kappa shape index (κ1) is 24.8. The van der Waals surface area contributed by atoms with Crippen molar-refractivity contribution in [3.8, 4) is 11.5 Å². The van der Waals surface area contributed by atoms with Crippen molar-refractivity contribution in [1.29, 1.82) is 0 Å². The molecule has 0 saturated carbocycles. The average Bonchev–Trinajstić information content (AvgIpc) is 2.72. The number of benzene rings is 1. The molecule has 1 aromatic rings. The zero-order valence-electron chi connectivity index (χ0n) is 18.7. The summed E-state index contributed by atoms with van der Waals surface area (Å²) in [5.41, 5.74) is 2.11. The number of aliphatic imine (C=N–C) groups is 1. The summed E-state index contributed by atoms with van der Waals surface area (Å²) in [6.07, 6.45) is 3.61. The van der Waals surface area contributed by atoms with E-state index < -0.39 is 0 Å². The number of allylic oxidation sites excluding steroid dienone is 1. The molecule has 0 saturated heterocycles. The summed E-state index contributed by atoms with van der Waals surface area (Å²) in [5, 5.41) is 6.70. The van der Waals surface area contributed by atoms with Crippen molar-refractivity contribution in [3.05, 3.63) is 35.9 Å². The van der Waals surface area contributed by atoms with Crippen LogP contribution in [0, 0.1) is 0 Å². The highest BCUT2D eigenvalue weighted by Gasteiger charge is 2.11. The van der Waals surface area contributed by atoms with Crippen molar-refractivity contribution in [2.75, 3.05) is 61.2 Å². The number of hydrogen-bond donors (Lipinski definition) is 2. The quantitative estimate of drug-likeness (QED) is 0.214. The molecule has 0 amide bonds. The number of rotatable bonds is 14. The molecule has 0 heterocycles. The van der Waals surface area contributed by atoms with E-state index in [-0.39, 0.29) is 0 Å². The first-order valence-electron chi connectivity index (χ1n) is 10.1. The number of nitrogens with zero attached hydrogens (tertiary/aromatic N) is 2. The zero-order valence-corrected chi connectivity index (χ0v) is 18.7. The van der Waals surface area contributed by atoms with Gasteiger partial charge < -0.3 is 29.7 Å². The van der Waals surface area contributed by atoms with Crippen LogP contribution in [-0.2, 0) is 17.7 Å². The van der Waals surface area contributed by atoms with Crippen molar-refractivity contribution in [3.63, 3.8) is 0 Å². The van der Waals surface area contributed by atoms with E-state index in [9.17, 15) is 0 Å². The van der Waals surface area contributed by atoms with Gasteiger partial charge in [-0.15, -0.1) is 6.58 Å². The predicted octanol–water partition coefficient (Wildman–Crippen LogP) is 2.46. The first-order chi connectivity index (χ1) is 14.1. The van der Waals surface area contributed by atoms with Crippen molar-refractivity contribution in [2.45, 2.75) is 26.3 Å². The van der Waals surface area contributed by atoms with Gasteiger partial charge in [-0.1, -0.05) is 6.08 Å². The lowest BCUT2D eigenvalue weighted by Crippen LogP contribution is -2.41. The van der Waals surface area contributed by atoms with E-state index in [1.807, 2.05) is 12.1 Å². The summed E-state index contributed by atoms with van der Waals surface area (Å²) in [6.45, 7) is 10.8. The minimum atomic E-state index is 0.545. The van der Waals surface area contributed by atoms with Gasteiger partial charge in [-0.2, -0.15) is 0 Å². The molecule has 0 aliphatic rings. The molecule has 0 aliphatic carbocycles. The SMILES string of the molecule is C=CCc1cc(CN=C(NCC)NCCN(C)CCCOC)cc(OC)c1OC. The smallest absolute Gasteiger partial charge is 0.191 e. The summed E-state index contributed by atoms with van der Waals surface area (Å²) >= 11 is 0. The lowest BCUT2D eigenvalue weighted by atomic mass is 10.1. The van der Waals surface area contributed by atoms with E-state index in [0.29, 0.717) is 18.7 Å². The highest BCUT2D eigenvalue weighted by Crippen LogP contribution is 2.33. The molecule has 1 rings (SSSR count). The van der Waals surface area contributed by atoms with Gasteiger partial charge >= 0.3 is 0 Å². The van der Waals surface area contributed by atoms with Gasteiger partial charge in [0.1, 0.15) is 0 Å². The Kier molecular flexibility index (Phi) is 12.6. The molecule has 0 unspecified atom stereocenters. The lowest BCUT2D eigenvalue weighted by molar-refractivity contribution is 0.180. The molecule has 0 spiro atoms. The van der Waals surface area contributed by atoms with Crippen LogP contribution in [0.2, 0.25) is 0 Å². The van der Waals surface area contributed by atoms with Crippen LogP contribution in [-0.4, -0.2) is 72.0 Å². The molecule has 0 aliphatic heterocycles. The van der Waals surface area contributed by atoms with Gasteiger partial charge in [-0.3, -0.25) is 0 Å². The fourth-order valence-corrected chi connectivity index (χ4v) is 2.97. The van der Waals surface area contributed by atoms with E-state index in [1.165, 1.54) is 0 Å². The topological polar surface area (TPSA) is 67.4 Å². The molecule has 1 aromatic carbocycles. The zero-order chi connectivity index (χ0) is 21.5. The summed E-state index contributed by atoms with van der Waals surface area (Å²) in [6, 6.07) is 4.07. The van der Waals surface area contributed by atoms with Crippen molar-refractivity contribution in [2.24, 2.45) is 4.99 Å². The Hall–Kier alpha value is -2.25. The van der Waals surface area contributed by atoms with Crippen LogP contribution in [0.5, 0.6) is 11.5 Å². The summed E-state index contributed by atoms with van der Waals surface area (Å²) in [5.74, 6) is 2.27. The fourth-order valence-electron chi connectivity index (χ4n) is 2.97. The van der Waals surface area contributed by atoms with E-state index in [2.05, 4.69) is 42.2 Å². The van der Waals surface area contributed by atoms with Crippen molar-refractivity contribution < 1.29 is 14.2 Å². The second-order valence-corrected chi connectivity index (χ2v) is 6.75. The number of nitrogens with one attached hydrogen (secondary N) is 2. The van der Waals surface area contributed by atoms with Crippen LogP contribution in [0.4, 0.5) is 0 Å². The molecule has 0 radical (unpaired) electrons. The van der Waals surface area contributed by atoms with Gasteiger partial charge in [0.15, 0.2) is 17.5 Å². The van der Waals surface area contributed by atoms with Crippen LogP contribution in [0.25, 0.3) is 0 Å². The summed E-state index contributed by atoms with van der Waals surface area (Å²) in [4.78, 5) is 7.01. The van der Waals surface area contributed by atoms with Crippen molar-refractivity contribution in [1.82, 2.24) is 15.5 Å². The molecular weight excluding hydrogens is 368 g/mol. The number of hydrogen-bond acceptors (Lipinski definition) is 5. The first-order valence-corrected chi connectivity index (χ1v) is 10.1. The normalized spacial score (nSPS) is 11.4. The maximum atomic E-state index is 5.50. The molecule has 0 atom stereocenters. The van der Waals surface area contributed by atoms with Crippen LogP contribution in [0.15, 0.2) is 29.8 Å². The fraction of sp³-hybridized carbons (Fsp3) is 0.591. The maximum Gasteiger partial charge on any atom is 0.191 e. The highest BCUT2D eigenvalue weighted by molar-refractivity contribution is 5.79. The Morgan fingerprint density at radius 1 is 1.17 bits per heavy atom. The monoisotopic (exact) mass is 406 g/mol. The number of ether oxygens (including phenoxy) is 3. The van der Waals surface area contributed by atoms with E-state index >= 15 is 0 Å². The second kappa shape index (κ2) is 14.7. The summed E-state index contributed by atoms with van der Waals surface area (Å²) in [7, 11) is 7.16. The third-order valence-electron chi connectivity index (χ3n) is 4.42. The number of likely N-dealkylation sites (N-methyl/N-ethyl adjacent to an activating group) is 1. The van der Waals surface area contributed by atoms with Gasteiger partial charge in [0, 0.05) is 45.5 Å². The minimum absolute atomic E-state index is 0.545. The molecular formula is C22H38N4O3. The van der Waals surface area contributed by atoms with Gasteiger partial charge in [0.05, 0.1) is 20.8 Å². The van der Waals surface area contributed by atoms with E-state index in [0.717, 1.165) is 62.0 Å². The predicted molar refractivity (Wildman–Crippen MR) is 120 cm³/mol. The van der Waals surface area contributed by atoms with Crippen molar-refractivity contribution >= 4 is 5.96 Å². The molecule has 164 valence electrons. The second-order valence-electron chi connectivity index (χ2n) is 6.75. The Labute approximate surface area is 176 Å². The average molecular weight is 407 g/mol. The molecule has 29 heavy (non-hydrogen) atoms. The lowest BCUT2D eigenvalue weighted by Gasteiger charge is -2.18. The number of methoxy groups -OCH3 is 3. The Bertz CT molecular complexity index is 635. The number of guanidine groups is 1. The third-order valence-corrected chi connectivity index (χ3v) is 4.42. The largest absolute Gasteiger partial charge is 0.493 e. The Balaban J connectivity index is 2.74. The van der Waals surface area contributed by atoms with E-state index in [4.69, 9.17) is 19.2 Å². The standard InChI is InChI=1S/C22H38N4O3/c1-7-10-19-15-18(16-20(28-5)21(19)29-6)17-25-22(23-8-2)24-11-13-26(3)12-9-14-27-4/h7,15-16H,1,8-14,17H2,2-6H3,(H2,23,24,25). The van der Waals surface area contributed by atoms with Gasteiger partial charge in [-0.25, -0.2) is 4.99 Å². The van der Waals surface area contributed by atoms with E-state index in [1.54, 1.807) is 21.3 Å². The molecule has 7 heteroatoms.